The highest BCUT2D eigenvalue weighted by Gasteiger charge is 2.33. The molecule has 2 aliphatic rings. The normalized spacial score (nSPS) is 22.1. The van der Waals surface area contributed by atoms with Gasteiger partial charge in [-0.3, -0.25) is 4.79 Å². The zero-order valence-electron chi connectivity index (χ0n) is 15.4. The number of halogens is 2. The Hall–Kier alpha value is -1.42. The van der Waals surface area contributed by atoms with E-state index in [1.165, 1.54) is 18.4 Å². The summed E-state index contributed by atoms with van der Waals surface area (Å²) in [5.41, 5.74) is 9.74. The molecule has 0 bridgehead atoms. The summed E-state index contributed by atoms with van der Waals surface area (Å²) in [6.45, 7) is 0.383. The van der Waals surface area contributed by atoms with Crippen molar-refractivity contribution in [3.8, 4) is 0 Å². The van der Waals surface area contributed by atoms with Gasteiger partial charge in [-0.1, -0.05) is 29.8 Å². The van der Waals surface area contributed by atoms with Crippen LogP contribution >= 0.6 is 24.0 Å². The maximum atomic E-state index is 13.2. The molecule has 1 aromatic heterocycles. The van der Waals surface area contributed by atoms with E-state index in [1.807, 2.05) is 18.2 Å². The summed E-state index contributed by atoms with van der Waals surface area (Å²) in [6.07, 6.45) is 6.32. The number of aromatic nitrogens is 1. The Morgan fingerprint density at radius 1 is 0.963 bits per heavy atom. The van der Waals surface area contributed by atoms with Gasteiger partial charge in [-0.05, 0) is 79.7 Å². The van der Waals surface area contributed by atoms with Gasteiger partial charge in [-0.25, -0.2) is 4.98 Å². The Morgan fingerprint density at radius 3 is 2.19 bits per heavy atom. The van der Waals surface area contributed by atoms with Crippen LogP contribution in [0.5, 0.6) is 0 Å². The third-order valence-corrected chi connectivity index (χ3v) is 6.14. The smallest absolute Gasteiger partial charge is 0.184 e. The van der Waals surface area contributed by atoms with Crippen molar-refractivity contribution in [1.29, 1.82) is 0 Å². The summed E-state index contributed by atoms with van der Waals surface area (Å²) in [5.74, 6) is 1.38. The summed E-state index contributed by atoms with van der Waals surface area (Å²) in [7, 11) is 0. The molecule has 2 N–H and O–H groups in total. The highest BCUT2D eigenvalue weighted by molar-refractivity contribution is 6.30. The summed E-state index contributed by atoms with van der Waals surface area (Å²) in [4.78, 5) is 17.8. The average molecular weight is 405 g/mol. The molecule has 0 aliphatic heterocycles. The predicted octanol–water partition coefficient (Wildman–Crippen LogP) is 5.65. The number of pyridine rings is 1. The second-order valence-electron chi connectivity index (χ2n) is 7.68. The van der Waals surface area contributed by atoms with Crippen LogP contribution in [0.2, 0.25) is 5.02 Å². The van der Waals surface area contributed by atoms with Gasteiger partial charge in [0.2, 0.25) is 0 Å². The largest absolute Gasteiger partial charge is 0.325 e. The quantitative estimate of drug-likeness (QED) is 0.654. The number of Topliss-reactive ketones (excluding diaryl/α,β-unsaturated/α-hetero) is 1. The first-order chi connectivity index (χ1) is 12.7. The number of hydrogen-bond donors (Lipinski definition) is 1. The van der Waals surface area contributed by atoms with Crippen molar-refractivity contribution < 1.29 is 4.79 Å². The molecule has 5 heteroatoms. The van der Waals surface area contributed by atoms with Crippen LogP contribution in [-0.2, 0) is 6.54 Å². The van der Waals surface area contributed by atoms with Crippen LogP contribution in [-0.4, -0.2) is 10.8 Å². The van der Waals surface area contributed by atoms with E-state index in [0.717, 1.165) is 42.0 Å². The highest BCUT2D eigenvalue weighted by atomic mass is 35.5. The standard InChI is InChI=1S/C22H25ClN2O.ClH/c23-18-9-7-15(8-10-18)14-1-5-17(6-2-14)22(26)21-20(16-3-4-16)12-11-19(13-24)25-21;/h7-12,14,16-17H,1-6,13,24H2;1H. The van der Waals surface area contributed by atoms with Gasteiger partial charge in [-0.2, -0.15) is 0 Å². The molecule has 3 nitrogen and oxygen atoms in total. The molecule has 0 spiro atoms. The molecule has 2 aromatic rings. The van der Waals surface area contributed by atoms with Gasteiger partial charge < -0.3 is 5.73 Å². The van der Waals surface area contributed by atoms with Crippen molar-refractivity contribution in [3.05, 3.63) is 63.9 Å². The number of carbonyl (C=O) groups is 1. The highest BCUT2D eigenvalue weighted by Crippen LogP contribution is 2.43. The third-order valence-electron chi connectivity index (χ3n) is 5.88. The fourth-order valence-electron chi connectivity index (χ4n) is 4.16. The maximum absolute atomic E-state index is 13.2. The van der Waals surface area contributed by atoms with E-state index in [1.54, 1.807) is 0 Å². The van der Waals surface area contributed by atoms with Gasteiger partial charge in [-0.15, -0.1) is 12.4 Å². The number of rotatable bonds is 5. The van der Waals surface area contributed by atoms with Crippen LogP contribution < -0.4 is 5.73 Å². The summed E-state index contributed by atoms with van der Waals surface area (Å²) in [6, 6.07) is 12.2. The van der Waals surface area contributed by atoms with Gasteiger partial charge in [0.05, 0.1) is 5.69 Å². The minimum Gasteiger partial charge on any atom is -0.325 e. The molecule has 4 rings (SSSR count). The molecule has 2 aliphatic carbocycles. The molecule has 0 amide bonds. The molecular weight excluding hydrogens is 379 g/mol. The molecule has 0 saturated heterocycles. The Labute approximate surface area is 172 Å². The molecule has 2 fully saturated rings. The lowest BCUT2D eigenvalue weighted by atomic mass is 9.76. The average Bonchev–Trinajstić information content (AvgIpc) is 3.53. The molecule has 0 unspecified atom stereocenters. The maximum Gasteiger partial charge on any atom is 0.184 e. The van der Waals surface area contributed by atoms with Crippen molar-refractivity contribution in [1.82, 2.24) is 4.98 Å². The van der Waals surface area contributed by atoms with E-state index < -0.39 is 0 Å². The van der Waals surface area contributed by atoms with E-state index in [4.69, 9.17) is 17.3 Å². The number of carbonyl (C=O) groups excluding carboxylic acids is 1. The summed E-state index contributed by atoms with van der Waals surface area (Å²) < 4.78 is 0. The van der Waals surface area contributed by atoms with Crippen molar-refractivity contribution in [2.45, 2.75) is 56.9 Å². The summed E-state index contributed by atoms with van der Waals surface area (Å²) in [5, 5.41) is 0.774. The first kappa shape index (κ1) is 20.3. The molecule has 27 heavy (non-hydrogen) atoms. The second-order valence-corrected chi connectivity index (χ2v) is 8.12. The van der Waals surface area contributed by atoms with Crippen molar-refractivity contribution in [2.75, 3.05) is 0 Å². The predicted molar refractivity (Wildman–Crippen MR) is 112 cm³/mol. The zero-order chi connectivity index (χ0) is 18.1. The van der Waals surface area contributed by atoms with E-state index in [-0.39, 0.29) is 24.1 Å². The van der Waals surface area contributed by atoms with Gasteiger partial charge in [0.15, 0.2) is 5.78 Å². The molecule has 0 atom stereocenters. The lowest BCUT2D eigenvalue weighted by molar-refractivity contribution is 0.0877. The third kappa shape index (κ3) is 4.53. The minimum atomic E-state index is 0. The number of benzene rings is 1. The Bertz CT molecular complexity index is 794. The van der Waals surface area contributed by atoms with Crippen LogP contribution in [0.3, 0.4) is 0 Å². The van der Waals surface area contributed by atoms with Gasteiger partial charge in [0, 0.05) is 17.5 Å². The number of nitrogens with zero attached hydrogens (tertiary/aromatic N) is 1. The summed E-state index contributed by atoms with van der Waals surface area (Å²) >= 11 is 5.99. The molecule has 144 valence electrons. The fraction of sp³-hybridized carbons (Fsp3) is 0.455. The Morgan fingerprint density at radius 2 is 1.59 bits per heavy atom. The Balaban J connectivity index is 0.00000210. The molecular formula is C22H26Cl2N2O. The lowest BCUT2D eigenvalue weighted by Gasteiger charge is -2.28. The SMILES string of the molecule is Cl.NCc1ccc(C2CC2)c(C(=O)C2CCC(c3ccc(Cl)cc3)CC2)n1. The first-order valence-corrected chi connectivity index (χ1v) is 10.0. The fourth-order valence-corrected chi connectivity index (χ4v) is 4.29. The zero-order valence-corrected chi connectivity index (χ0v) is 16.9. The van der Waals surface area contributed by atoms with E-state index in [9.17, 15) is 4.79 Å². The Kier molecular flexibility index (Phi) is 6.56. The first-order valence-electron chi connectivity index (χ1n) is 9.65. The van der Waals surface area contributed by atoms with Crippen LogP contribution in [0.25, 0.3) is 0 Å². The number of hydrogen-bond acceptors (Lipinski definition) is 3. The molecule has 0 radical (unpaired) electrons. The van der Waals surface area contributed by atoms with Gasteiger partial charge in [0.1, 0.15) is 5.69 Å². The minimum absolute atomic E-state index is 0. The van der Waals surface area contributed by atoms with Crippen molar-refractivity contribution in [2.24, 2.45) is 11.7 Å². The van der Waals surface area contributed by atoms with Crippen LogP contribution in [0.15, 0.2) is 36.4 Å². The topological polar surface area (TPSA) is 56.0 Å². The van der Waals surface area contributed by atoms with Crippen LogP contribution in [0.1, 0.15) is 77.7 Å². The monoisotopic (exact) mass is 404 g/mol. The van der Waals surface area contributed by atoms with E-state index in [2.05, 4.69) is 23.2 Å². The van der Waals surface area contributed by atoms with Crippen LogP contribution in [0.4, 0.5) is 0 Å². The van der Waals surface area contributed by atoms with Crippen molar-refractivity contribution in [3.63, 3.8) is 0 Å². The molecule has 1 heterocycles. The molecule has 2 saturated carbocycles. The van der Waals surface area contributed by atoms with Gasteiger partial charge in [0.25, 0.3) is 0 Å². The van der Waals surface area contributed by atoms with Crippen molar-refractivity contribution >= 4 is 29.8 Å². The number of nitrogens with two attached hydrogens (primary N) is 1. The second kappa shape index (κ2) is 8.72. The van der Waals surface area contributed by atoms with E-state index in [0.29, 0.717) is 24.1 Å². The lowest BCUT2D eigenvalue weighted by Crippen LogP contribution is -2.23. The molecule has 1 aromatic carbocycles. The van der Waals surface area contributed by atoms with E-state index >= 15 is 0 Å². The van der Waals surface area contributed by atoms with Gasteiger partial charge >= 0.3 is 0 Å². The van der Waals surface area contributed by atoms with Crippen LogP contribution in [0, 0.1) is 5.92 Å². The number of ketones is 1.